The van der Waals surface area contributed by atoms with Gasteiger partial charge in [0.05, 0.1) is 17.0 Å². The maximum Gasteiger partial charge on any atom is 0.335 e. The quantitative estimate of drug-likeness (QED) is 0.786. The zero-order chi connectivity index (χ0) is 16.2. The molecule has 0 saturated carbocycles. The molecule has 1 rings (SSSR count). The molecule has 0 spiro atoms. The Balaban J connectivity index is 3.14. The molecule has 0 radical (unpaired) electrons. The molecule has 0 bridgehead atoms. The van der Waals surface area contributed by atoms with Crippen molar-refractivity contribution in [2.24, 2.45) is 0 Å². The van der Waals surface area contributed by atoms with E-state index in [1.807, 2.05) is 0 Å². The number of hydrogen-bond donors (Lipinski definition) is 2. The van der Waals surface area contributed by atoms with Gasteiger partial charge < -0.3 is 10.0 Å². The van der Waals surface area contributed by atoms with Crippen LogP contribution >= 0.6 is 0 Å². The minimum atomic E-state index is -3.95. The number of aryl methyl sites for hydroxylation is 1. The molecule has 0 saturated heterocycles. The van der Waals surface area contributed by atoms with Gasteiger partial charge in [-0.15, -0.1) is 0 Å². The predicted molar refractivity (Wildman–Crippen MR) is 76.7 cm³/mol. The molecular formula is C13H18N2O5S. The Bertz CT molecular complexity index is 653. The van der Waals surface area contributed by atoms with Crippen molar-refractivity contribution >= 4 is 21.9 Å². The summed E-state index contributed by atoms with van der Waals surface area (Å²) in [6, 6.07) is 3.92. The maximum absolute atomic E-state index is 12.2. The van der Waals surface area contributed by atoms with Crippen LogP contribution in [0.15, 0.2) is 23.1 Å². The normalized spacial score (nSPS) is 11.2. The van der Waals surface area contributed by atoms with Crippen molar-refractivity contribution in [2.75, 3.05) is 20.6 Å². The average molecular weight is 314 g/mol. The molecule has 0 unspecified atom stereocenters. The monoisotopic (exact) mass is 314 g/mol. The summed E-state index contributed by atoms with van der Waals surface area (Å²) in [4.78, 5) is 23.6. The molecule has 8 heteroatoms. The number of nitrogens with one attached hydrogen (secondary N) is 1. The van der Waals surface area contributed by atoms with Gasteiger partial charge in [-0.1, -0.05) is 13.0 Å². The molecule has 0 aliphatic heterocycles. The molecule has 7 nitrogen and oxygen atoms in total. The third kappa shape index (κ3) is 4.27. The molecule has 0 aliphatic carbocycles. The Hall–Kier alpha value is -1.93. The van der Waals surface area contributed by atoms with Crippen LogP contribution in [0.3, 0.4) is 0 Å². The number of carboxylic acid groups (broad SMARTS) is 1. The summed E-state index contributed by atoms with van der Waals surface area (Å²) in [6.45, 7) is 1.38. The fourth-order valence-electron chi connectivity index (χ4n) is 1.62. The molecule has 21 heavy (non-hydrogen) atoms. The van der Waals surface area contributed by atoms with Crippen molar-refractivity contribution in [1.29, 1.82) is 0 Å². The first-order chi connectivity index (χ1) is 9.69. The zero-order valence-electron chi connectivity index (χ0n) is 12.1. The van der Waals surface area contributed by atoms with Gasteiger partial charge in [-0.25, -0.2) is 17.9 Å². The lowest BCUT2D eigenvalue weighted by Crippen LogP contribution is -2.36. The van der Waals surface area contributed by atoms with Crippen LogP contribution in [0.1, 0.15) is 22.8 Å². The lowest BCUT2D eigenvalue weighted by Gasteiger charge is -2.13. The van der Waals surface area contributed by atoms with E-state index in [2.05, 4.69) is 4.72 Å². The molecule has 0 fully saturated rings. The second kappa shape index (κ2) is 6.68. The summed E-state index contributed by atoms with van der Waals surface area (Å²) in [7, 11) is -0.922. The molecule has 1 amide bonds. The van der Waals surface area contributed by atoms with Crippen LogP contribution in [-0.4, -0.2) is 50.9 Å². The molecule has 0 aliphatic rings. The van der Waals surface area contributed by atoms with Crippen molar-refractivity contribution in [3.8, 4) is 0 Å². The van der Waals surface area contributed by atoms with Gasteiger partial charge in [-0.3, -0.25) is 4.79 Å². The topological polar surface area (TPSA) is 104 Å². The van der Waals surface area contributed by atoms with Gasteiger partial charge in [0.2, 0.25) is 15.9 Å². The molecular weight excluding hydrogens is 296 g/mol. The Morgan fingerprint density at radius 2 is 1.90 bits per heavy atom. The first-order valence-electron chi connectivity index (χ1n) is 6.25. The number of amides is 1. The number of carbonyl (C=O) groups excluding carboxylic acids is 1. The SMILES string of the molecule is CCc1ccc(C(=O)O)cc1S(=O)(=O)NCC(=O)N(C)C. The van der Waals surface area contributed by atoms with E-state index in [4.69, 9.17) is 5.11 Å². The first-order valence-corrected chi connectivity index (χ1v) is 7.73. The summed E-state index contributed by atoms with van der Waals surface area (Å²) < 4.78 is 26.7. The highest BCUT2D eigenvalue weighted by molar-refractivity contribution is 7.89. The van der Waals surface area contributed by atoms with E-state index in [1.165, 1.54) is 31.1 Å². The Morgan fingerprint density at radius 1 is 1.29 bits per heavy atom. The number of likely N-dealkylation sites (N-methyl/N-ethyl adjacent to an activating group) is 1. The van der Waals surface area contributed by atoms with Gasteiger partial charge in [0.1, 0.15) is 0 Å². The fourth-order valence-corrected chi connectivity index (χ4v) is 2.93. The second-order valence-electron chi connectivity index (χ2n) is 4.59. The Morgan fingerprint density at radius 3 is 2.38 bits per heavy atom. The van der Waals surface area contributed by atoms with E-state index in [-0.39, 0.29) is 17.0 Å². The Labute approximate surface area is 123 Å². The number of rotatable bonds is 6. The van der Waals surface area contributed by atoms with Crippen molar-refractivity contribution in [2.45, 2.75) is 18.2 Å². The lowest BCUT2D eigenvalue weighted by molar-refractivity contribution is -0.127. The van der Waals surface area contributed by atoms with Crippen LogP contribution in [-0.2, 0) is 21.2 Å². The highest BCUT2D eigenvalue weighted by Gasteiger charge is 2.21. The van der Waals surface area contributed by atoms with Gasteiger partial charge in [-0.05, 0) is 24.1 Å². The van der Waals surface area contributed by atoms with Crippen LogP contribution in [0.2, 0.25) is 0 Å². The first kappa shape index (κ1) is 17.1. The summed E-state index contributed by atoms with van der Waals surface area (Å²) >= 11 is 0. The average Bonchev–Trinajstić information content (AvgIpc) is 2.43. The highest BCUT2D eigenvalue weighted by Crippen LogP contribution is 2.18. The minimum Gasteiger partial charge on any atom is -0.478 e. The molecule has 0 aromatic heterocycles. The predicted octanol–water partition coefficient (Wildman–Crippen LogP) is 0.314. The molecule has 0 atom stereocenters. The number of benzene rings is 1. The largest absolute Gasteiger partial charge is 0.478 e. The summed E-state index contributed by atoms with van der Waals surface area (Å²) in [5, 5.41) is 8.95. The lowest BCUT2D eigenvalue weighted by atomic mass is 10.1. The van der Waals surface area contributed by atoms with E-state index in [1.54, 1.807) is 6.92 Å². The Kier molecular flexibility index (Phi) is 5.45. The maximum atomic E-state index is 12.2. The highest BCUT2D eigenvalue weighted by atomic mass is 32.2. The number of hydrogen-bond acceptors (Lipinski definition) is 4. The number of nitrogens with zero attached hydrogens (tertiary/aromatic N) is 1. The van der Waals surface area contributed by atoms with E-state index < -0.39 is 21.9 Å². The summed E-state index contributed by atoms with van der Waals surface area (Å²) in [5.41, 5.74) is 0.372. The van der Waals surface area contributed by atoms with Crippen molar-refractivity contribution < 1.29 is 23.1 Å². The van der Waals surface area contributed by atoms with E-state index >= 15 is 0 Å². The second-order valence-corrected chi connectivity index (χ2v) is 6.33. The number of carbonyl (C=O) groups is 2. The number of sulfonamides is 1. The van der Waals surface area contributed by atoms with E-state index in [0.29, 0.717) is 12.0 Å². The molecule has 116 valence electrons. The summed E-state index contributed by atoms with van der Waals surface area (Å²) in [6.07, 6.45) is 0.428. The van der Waals surface area contributed by atoms with E-state index in [0.717, 1.165) is 6.07 Å². The fraction of sp³-hybridized carbons (Fsp3) is 0.385. The van der Waals surface area contributed by atoms with Crippen LogP contribution in [0, 0.1) is 0 Å². The van der Waals surface area contributed by atoms with Crippen molar-refractivity contribution in [1.82, 2.24) is 9.62 Å². The molecule has 2 N–H and O–H groups in total. The minimum absolute atomic E-state index is 0.114. The third-order valence-corrected chi connectivity index (χ3v) is 4.38. The van der Waals surface area contributed by atoms with Crippen molar-refractivity contribution in [3.05, 3.63) is 29.3 Å². The van der Waals surface area contributed by atoms with Gasteiger partial charge in [-0.2, -0.15) is 0 Å². The van der Waals surface area contributed by atoms with Gasteiger partial charge in [0.15, 0.2) is 0 Å². The van der Waals surface area contributed by atoms with Crippen LogP contribution in [0.25, 0.3) is 0 Å². The number of carboxylic acids is 1. The smallest absolute Gasteiger partial charge is 0.335 e. The summed E-state index contributed by atoms with van der Waals surface area (Å²) in [5.74, 6) is -1.61. The molecule has 0 heterocycles. The van der Waals surface area contributed by atoms with E-state index in [9.17, 15) is 18.0 Å². The molecule has 1 aromatic carbocycles. The zero-order valence-corrected chi connectivity index (χ0v) is 12.9. The van der Waals surface area contributed by atoms with Gasteiger partial charge >= 0.3 is 5.97 Å². The van der Waals surface area contributed by atoms with Crippen LogP contribution in [0.4, 0.5) is 0 Å². The van der Waals surface area contributed by atoms with Crippen LogP contribution < -0.4 is 4.72 Å². The molecule has 1 aromatic rings. The van der Waals surface area contributed by atoms with Crippen molar-refractivity contribution in [3.63, 3.8) is 0 Å². The van der Waals surface area contributed by atoms with Crippen LogP contribution in [0.5, 0.6) is 0 Å². The third-order valence-electron chi connectivity index (χ3n) is 2.90. The van der Waals surface area contributed by atoms with Gasteiger partial charge in [0.25, 0.3) is 0 Å². The standard InChI is InChI=1S/C13H18N2O5S/c1-4-9-5-6-10(13(17)18)7-11(9)21(19,20)14-8-12(16)15(2)3/h5-7,14H,4,8H2,1-3H3,(H,17,18). The number of aromatic carboxylic acids is 1. The van der Waals surface area contributed by atoms with Gasteiger partial charge in [0, 0.05) is 14.1 Å².